The van der Waals surface area contributed by atoms with Gasteiger partial charge in [-0.05, 0) is 44.9 Å². The Hall–Kier alpha value is -1.51. The lowest BCUT2D eigenvalue weighted by Gasteiger charge is -2.28. The molecule has 0 aromatic rings. The van der Waals surface area contributed by atoms with Crippen molar-refractivity contribution in [1.82, 2.24) is 0 Å². The highest BCUT2D eigenvalue weighted by Crippen LogP contribution is 2.38. The summed E-state index contributed by atoms with van der Waals surface area (Å²) >= 11 is 0. The normalized spacial score (nSPS) is 13.2. The Morgan fingerprint density at radius 1 is 0.378 bits per heavy atom. The molecule has 0 aromatic heterocycles. The number of carbonyl (C=O) groups is 2. The molecule has 9 nitrogen and oxygen atoms in total. The lowest BCUT2D eigenvalue weighted by Crippen LogP contribution is -2.37. The van der Waals surface area contributed by atoms with Crippen LogP contribution in [0.3, 0.4) is 0 Å². The van der Waals surface area contributed by atoms with Gasteiger partial charge in [0.15, 0.2) is 6.10 Å². The number of quaternary nitrogens is 1. The van der Waals surface area contributed by atoms with E-state index < -0.39 is 26.5 Å². The molecule has 2 unspecified atom stereocenters. The SMILES string of the molecule is CCCCC/C=C\C/C=C\CCCCCCCCCCCC(=O)OC(COC(=O)CCCCCCCCCCCCCCCCCCCCCCCCCCCCCCCCCCCCCCCCC)COP(=O)([O-])OCC[N+](C)(C)C. The van der Waals surface area contributed by atoms with Gasteiger partial charge in [-0.25, -0.2) is 0 Å². The van der Waals surface area contributed by atoms with E-state index in [-0.39, 0.29) is 32.0 Å². The maximum Gasteiger partial charge on any atom is 0.306 e. The summed E-state index contributed by atoms with van der Waals surface area (Å²) in [7, 11) is 1.18. The summed E-state index contributed by atoms with van der Waals surface area (Å²) < 4.78 is 34.3. The summed E-state index contributed by atoms with van der Waals surface area (Å²) in [5.41, 5.74) is 0. The molecule has 0 amide bonds. The number of hydrogen-bond donors (Lipinski definition) is 0. The third kappa shape index (κ3) is 67.6. The molecule has 0 bridgehead atoms. The fraction of sp³-hybridized carbons (Fsp3) is 0.917. The summed E-state index contributed by atoms with van der Waals surface area (Å²) in [6.07, 6.45) is 80.1. The Bertz CT molecular complexity index is 1430. The van der Waals surface area contributed by atoms with Crippen LogP contribution in [-0.2, 0) is 32.7 Å². The van der Waals surface area contributed by atoms with Gasteiger partial charge in [0.05, 0.1) is 27.7 Å². The molecule has 2 atom stereocenters. The van der Waals surface area contributed by atoms with Crippen molar-refractivity contribution >= 4 is 19.8 Å². The number of nitrogens with zero attached hydrogens (tertiary/aromatic N) is 1. The molecule has 486 valence electrons. The van der Waals surface area contributed by atoms with Crippen molar-refractivity contribution in [3.05, 3.63) is 24.3 Å². The van der Waals surface area contributed by atoms with Gasteiger partial charge in [0.1, 0.15) is 19.8 Å². The van der Waals surface area contributed by atoms with E-state index in [1.807, 2.05) is 21.1 Å². The minimum Gasteiger partial charge on any atom is -0.756 e. The highest BCUT2D eigenvalue weighted by molar-refractivity contribution is 7.45. The standard InChI is InChI=1S/C72H140NO8P/c1-6-8-10-12-14-16-18-20-22-24-26-27-28-29-30-31-32-33-34-35-36-37-38-39-40-41-42-43-44-45-47-48-50-52-54-56-58-60-62-64-71(74)78-68-70(69-80-82(76,77)79-67-66-73(3,4)5)81-72(75)65-63-61-59-57-55-53-51-49-46-25-23-21-19-17-15-13-11-9-7-2/h15,17,21,23,70H,6-14,16,18-20,22,24-69H2,1-5H3/b17-15-,23-21-. The molecule has 0 aliphatic carbocycles. The van der Waals surface area contributed by atoms with E-state index in [2.05, 4.69) is 38.2 Å². The van der Waals surface area contributed by atoms with E-state index in [9.17, 15) is 19.0 Å². The van der Waals surface area contributed by atoms with E-state index in [1.165, 1.54) is 289 Å². The van der Waals surface area contributed by atoms with Gasteiger partial charge < -0.3 is 27.9 Å². The Morgan fingerprint density at radius 3 is 0.988 bits per heavy atom. The summed E-state index contributed by atoms with van der Waals surface area (Å²) in [5.74, 6) is -0.819. The van der Waals surface area contributed by atoms with Crippen molar-refractivity contribution < 1.29 is 42.1 Å². The van der Waals surface area contributed by atoms with Crippen LogP contribution in [0.25, 0.3) is 0 Å². The number of allylic oxidation sites excluding steroid dienone is 4. The van der Waals surface area contributed by atoms with Crippen LogP contribution in [0.1, 0.15) is 373 Å². The summed E-state index contributed by atoms with van der Waals surface area (Å²) in [6.45, 7) is 4.28. The number of phosphoric acid groups is 1. The number of esters is 2. The lowest BCUT2D eigenvalue weighted by atomic mass is 10.0. The molecular weight excluding hydrogens is 1040 g/mol. The van der Waals surface area contributed by atoms with Crippen molar-refractivity contribution in [2.24, 2.45) is 0 Å². The van der Waals surface area contributed by atoms with Gasteiger partial charge in [-0.1, -0.05) is 340 Å². The molecule has 0 N–H and O–H groups in total. The number of carbonyl (C=O) groups excluding carboxylic acids is 2. The third-order valence-corrected chi connectivity index (χ3v) is 17.4. The minimum absolute atomic E-state index is 0.0291. The van der Waals surface area contributed by atoms with Crippen molar-refractivity contribution in [1.29, 1.82) is 0 Å². The zero-order chi connectivity index (χ0) is 59.8. The Kier molecular flexibility index (Phi) is 62.8. The first-order valence-electron chi connectivity index (χ1n) is 36.0. The van der Waals surface area contributed by atoms with Gasteiger partial charge in [0.2, 0.25) is 0 Å². The molecule has 0 saturated carbocycles. The summed E-state index contributed by atoms with van der Waals surface area (Å²) in [4.78, 5) is 38.0. The van der Waals surface area contributed by atoms with E-state index in [4.69, 9.17) is 18.5 Å². The van der Waals surface area contributed by atoms with Crippen LogP contribution in [0.15, 0.2) is 24.3 Å². The minimum atomic E-state index is -4.64. The van der Waals surface area contributed by atoms with Gasteiger partial charge in [-0.3, -0.25) is 14.2 Å². The number of ether oxygens (including phenoxy) is 2. The van der Waals surface area contributed by atoms with Crippen LogP contribution in [0.5, 0.6) is 0 Å². The predicted molar refractivity (Wildman–Crippen MR) is 351 cm³/mol. The molecule has 10 heteroatoms. The zero-order valence-electron chi connectivity index (χ0n) is 55.5. The predicted octanol–water partition coefficient (Wildman–Crippen LogP) is 22.6. The van der Waals surface area contributed by atoms with Crippen molar-refractivity contribution in [3.63, 3.8) is 0 Å². The monoisotopic (exact) mass is 1180 g/mol. The number of likely N-dealkylation sites (N-methyl/N-ethyl adjacent to an activating group) is 1. The van der Waals surface area contributed by atoms with Crippen LogP contribution in [0.2, 0.25) is 0 Å². The van der Waals surface area contributed by atoms with Crippen molar-refractivity contribution in [3.8, 4) is 0 Å². The number of phosphoric ester groups is 1. The van der Waals surface area contributed by atoms with E-state index in [0.717, 1.165) is 51.4 Å². The van der Waals surface area contributed by atoms with Crippen LogP contribution in [-0.4, -0.2) is 70.0 Å². The van der Waals surface area contributed by atoms with Crippen molar-refractivity contribution in [2.75, 3.05) is 47.5 Å². The molecule has 82 heavy (non-hydrogen) atoms. The zero-order valence-corrected chi connectivity index (χ0v) is 56.4. The smallest absolute Gasteiger partial charge is 0.306 e. The highest BCUT2D eigenvalue weighted by atomic mass is 31.2. The van der Waals surface area contributed by atoms with Crippen LogP contribution < -0.4 is 4.89 Å². The Labute approximate surface area is 510 Å². The second kappa shape index (κ2) is 64.0. The molecule has 0 aliphatic heterocycles. The molecular formula is C72H140NO8P. The van der Waals surface area contributed by atoms with Crippen molar-refractivity contribution in [2.45, 2.75) is 380 Å². The topological polar surface area (TPSA) is 111 Å². The first-order valence-corrected chi connectivity index (χ1v) is 37.5. The van der Waals surface area contributed by atoms with Crippen LogP contribution in [0, 0.1) is 0 Å². The molecule has 0 heterocycles. The average Bonchev–Trinajstić information content (AvgIpc) is 3.46. The molecule has 0 aliphatic rings. The van der Waals surface area contributed by atoms with E-state index in [0.29, 0.717) is 17.4 Å². The van der Waals surface area contributed by atoms with Gasteiger partial charge in [0.25, 0.3) is 7.82 Å². The van der Waals surface area contributed by atoms with E-state index in [1.54, 1.807) is 0 Å². The van der Waals surface area contributed by atoms with Crippen LogP contribution >= 0.6 is 7.82 Å². The fourth-order valence-electron chi connectivity index (χ4n) is 10.9. The molecule has 0 saturated heterocycles. The Morgan fingerprint density at radius 2 is 0.659 bits per heavy atom. The first-order chi connectivity index (χ1) is 40.0. The number of unbranched alkanes of at least 4 members (excludes halogenated alkanes) is 50. The second-order valence-electron chi connectivity index (χ2n) is 26.0. The van der Waals surface area contributed by atoms with Gasteiger partial charge in [-0.2, -0.15) is 0 Å². The molecule has 0 rings (SSSR count). The third-order valence-electron chi connectivity index (χ3n) is 16.5. The average molecular weight is 1180 g/mol. The van der Waals surface area contributed by atoms with Crippen LogP contribution in [0.4, 0.5) is 0 Å². The largest absolute Gasteiger partial charge is 0.756 e. The van der Waals surface area contributed by atoms with Gasteiger partial charge >= 0.3 is 11.9 Å². The quantitative estimate of drug-likeness (QED) is 0.0195. The fourth-order valence-corrected chi connectivity index (χ4v) is 11.7. The second-order valence-corrected chi connectivity index (χ2v) is 27.4. The summed E-state index contributed by atoms with van der Waals surface area (Å²) in [6, 6.07) is 0. The molecule has 0 fully saturated rings. The van der Waals surface area contributed by atoms with Gasteiger partial charge in [-0.15, -0.1) is 0 Å². The van der Waals surface area contributed by atoms with Gasteiger partial charge in [0, 0.05) is 12.8 Å². The number of hydrogen-bond acceptors (Lipinski definition) is 8. The number of rotatable bonds is 68. The van der Waals surface area contributed by atoms with E-state index >= 15 is 0 Å². The molecule has 0 aromatic carbocycles. The summed E-state index contributed by atoms with van der Waals surface area (Å²) in [5, 5.41) is 0. The Balaban J connectivity index is 3.86. The molecule has 0 spiro atoms. The lowest BCUT2D eigenvalue weighted by molar-refractivity contribution is -0.870. The molecule has 0 radical (unpaired) electrons. The highest BCUT2D eigenvalue weighted by Gasteiger charge is 2.22. The maximum absolute atomic E-state index is 12.8. The first kappa shape index (κ1) is 80.5. The maximum atomic E-state index is 12.8.